The number of piperidine rings is 1. The summed E-state index contributed by atoms with van der Waals surface area (Å²) in [5, 5.41) is 2.91. The molecule has 2 heterocycles. The lowest BCUT2D eigenvalue weighted by Crippen LogP contribution is -2.55. The van der Waals surface area contributed by atoms with Crippen LogP contribution in [-0.4, -0.2) is 55.2 Å². The molecule has 0 aliphatic carbocycles. The highest BCUT2D eigenvalue weighted by atomic mass is 19.2. The molecule has 47 heavy (non-hydrogen) atoms. The Hall–Kier alpha value is -4.83. The van der Waals surface area contributed by atoms with E-state index in [9.17, 15) is 22.8 Å². The maximum Gasteiger partial charge on any atom is 0.333 e. The number of rotatable bonds is 9. The van der Waals surface area contributed by atoms with Gasteiger partial charge in [-0.1, -0.05) is 48.5 Å². The first-order valence-corrected chi connectivity index (χ1v) is 15.9. The number of carbonyl (C=O) groups excluding carboxylic acids is 2. The second kappa shape index (κ2) is 14.3. The zero-order valence-electron chi connectivity index (χ0n) is 26.2. The van der Waals surface area contributed by atoms with Crippen molar-refractivity contribution in [2.75, 3.05) is 38.2 Å². The average molecular weight is 643 g/mol. The Morgan fingerprint density at radius 3 is 2.28 bits per heavy atom. The molecule has 10 heteroatoms. The molecule has 7 nitrogen and oxygen atoms in total. The predicted molar refractivity (Wildman–Crippen MR) is 174 cm³/mol. The number of para-hydroxylation sites is 1. The molecule has 1 N–H and O–H groups in total. The number of fused-ring (bicyclic) bond motifs is 1. The Kier molecular flexibility index (Phi) is 9.77. The predicted octanol–water partition coefficient (Wildman–Crippen LogP) is 7.62. The largest absolute Gasteiger partial charge is 0.497 e. The van der Waals surface area contributed by atoms with E-state index in [0.29, 0.717) is 35.9 Å². The summed E-state index contributed by atoms with van der Waals surface area (Å²) in [5.74, 6) is -1.23. The number of hydrogen-bond donors (Lipinski definition) is 1. The molecule has 2 aliphatic rings. The van der Waals surface area contributed by atoms with Gasteiger partial charge in [0.15, 0.2) is 11.6 Å². The summed E-state index contributed by atoms with van der Waals surface area (Å²) in [6.45, 7) is 3.07. The Morgan fingerprint density at radius 1 is 0.872 bits per heavy atom. The first-order valence-electron chi connectivity index (χ1n) is 15.9. The van der Waals surface area contributed by atoms with Crippen molar-refractivity contribution in [3.8, 4) is 5.75 Å². The molecule has 4 aromatic carbocycles. The number of amides is 4. The molecule has 2 aliphatic heterocycles. The van der Waals surface area contributed by atoms with Crippen molar-refractivity contribution in [1.82, 2.24) is 15.1 Å². The normalized spacial score (nSPS) is 17.0. The second-order valence-corrected chi connectivity index (χ2v) is 12.0. The van der Waals surface area contributed by atoms with Gasteiger partial charge in [-0.3, -0.25) is 4.90 Å². The summed E-state index contributed by atoms with van der Waals surface area (Å²) >= 11 is 0. The molecule has 0 spiro atoms. The van der Waals surface area contributed by atoms with Crippen LogP contribution in [0.5, 0.6) is 5.75 Å². The van der Waals surface area contributed by atoms with Crippen LogP contribution in [0.3, 0.4) is 0 Å². The Labute approximate surface area is 272 Å². The van der Waals surface area contributed by atoms with E-state index in [1.165, 1.54) is 23.1 Å². The van der Waals surface area contributed by atoms with E-state index >= 15 is 0 Å². The maximum absolute atomic E-state index is 14.5. The summed E-state index contributed by atoms with van der Waals surface area (Å²) in [6, 6.07) is 22.5. The van der Waals surface area contributed by atoms with Gasteiger partial charge in [-0.05, 0) is 104 Å². The third kappa shape index (κ3) is 7.12. The maximum atomic E-state index is 14.5. The van der Waals surface area contributed by atoms with Crippen LogP contribution in [0.25, 0.3) is 0 Å². The van der Waals surface area contributed by atoms with Gasteiger partial charge < -0.3 is 15.0 Å². The van der Waals surface area contributed by atoms with Gasteiger partial charge in [-0.25, -0.2) is 27.7 Å². The van der Waals surface area contributed by atoms with Gasteiger partial charge >= 0.3 is 12.1 Å². The highest BCUT2D eigenvalue weighted by Crippen LogP contribution is 2.41. The number of hydrogen-bond acceptors (Lipinski definition) is 4. The summed E-state index contributed by atoms with van der Waals surface area (Å²) in [4.78, 5) is 33.0. The molecule has 0 radical (unpaired) electrons. The average Bonchev–Trinajstić information content (AvgIpc) is 3.09. The van der Waals surface area contributed by atoms with E-state index in [0.717, 1.165) is 60.6 Å². The molecule has 1 atom stereocenters. The monoisotopic (exact) mass is 642 g/mol. The van der Waals surface area contributed by atoms with Crippen LogP contribution in [0.4, 0.5) is 28.4 Å². The van der Waals surface area contributed by atoms with Crippen LogP contribution < -0.4 is 15.0 Å². The molecule has 6 rings (SSSR count). The van der Waals surface area contributed by atoms with Crippen molar-refractivity contribution < 1.29 is 27.5 Å². The molecule has 244 valence electrons. The molecule has 4 amide bonds. The van der Waals surface area contributed by atoms with Crippen molar-refractivity contribution in [2.45, 2.75) is 37.8 Å². The van der Waals surface area contributed by atoms with E-state index in [2.05, 4.69) is 10.2 Å². The molecule has 4 aromatic rings. The number of urea groups is 2. The highest BCUT2D eigenvalue weighted by Gasteiger charge is 2.42. The zero-order chi connectivity index (χ0) is 32.9. The number of likely N-dealkylation sites (tertiary alicyclic amines) is 1. The zero-order valence-corrected chi connectivity index (χ0v) is 26.2. The van der Waals surface area contributed by atoms with Gasteiger partial charge in [0.25, 0.3) is 0 Å². The van der Waals surface area contributed by atoms with Gasteiger partial charge in [0.05, 0.1) is 25.4 Å². The van der Waals surface area contributed by atoms with Gasteiger partial charge in [0.2, 0.25) is 0 Å². The van der Waals surface area contributed by atoms with Crippen LogP contribution in [0.15, 0.2) is 91.0 Å². The summed E-state index contributed by atoms with van der Waals surface area (Å²) in [5.41, 5.74) is 3.46. The molecular weight excluding hydrogens is 605 g/mol. The number of anilines is 1. The number of nitrogens with one attached hydrogen (secondary N) is 1. The minimum Gasteiger partial charge on any atom is -0.497 e. The number of methoxy groups -OCH3 is 1. The van der Waals surface area contributed by atoms with Crippen LogP contribution in [0.1, 0.15) is 53.5 Å². The topological polar surface area (TPSA) is 65.1 Å². The van der Waals surface area contributed by atoms with E-state index < -0.39 is 29.7 Å². The van der Waals surface area contributed by atoms with E-state index in [-0.39, 0.29) is 17.9 Å². The number of ether oxygens (including phenoxy) is 1. The van der Waals surface area contributed by atoms with Gasteiger partial charge in [0.1, 0.15) is 11.6 Å². The lowest BCUT2D eigenvalue weighted by Gasteiger charge is -2.41. The lowest BCUT2D eigenvalue weighted by molar-refractivity contribution is 0.175. The first kappa shape index (κ1) is 32.1. The quantitative estimate of drug-likeness (QED) is 0.191. The van der Waals surface area contributed by atoms with E-state index in [1.54, 1.807) is 43.5 Å². The SMILES string of the molecule is COc1ccc(CN2C(=O)N(C(=O)NCCCN3CCC(c4ccc(F)cc4)CC3)C(c3ccc(F)c(F)c3)c3ccccc32)cc1. The fourth-order valence-electron chi connectivity index (χ4n) is 6.54. The van der Waals surface area contributed by atoms with E-state index in [4.69, 9.17) is 4.74 Å². The second-order valence-electron chi connectivity index (χ2n) is 12.0. The van der Waals surface area contributed by atoms with Crippen LogP contribution >= 0.6 is 0 Å². The van der Waals surface area contributed by atoms with E-state index in [1.807, 2.05) is 24.3 Å². The highest BCUT2D eigenvalue weighted by molar-refractivity contribution is 6.05. The number of imide groups is 1. The molecule has 1 fully saturated rings. The number of carbonyl (C=O) groups is 2. The van der Waals surface area contributed by atoms with Gasteiger partial charge in [0, 0.05) is 12.1 Å². The third-order valence-electron chi connectivity index (χ3n) is 9.05. The molecular formula is C37H37F3N4O3. The minimum absolute atomic E-state index is 0.183. The van der Waals surface area contributed by atoms with Gasteiger partial charge in [-0.2, -0.15) is 0 Å². The molecule has 1 unspecified atom stereocenters. The Balaban J connectivity index is 1.17. The Bertz CT molecular complexity index is 1710. The van der Waals surface area contributed by atoms with Crippen molar-refractivity contribution >= 4 is 17.7 Å². The fourth-order valence-corrected chi connectivity index (χ4v) is 6.54. The minimum atomic E-state index is -1.06. The summed E-state index contributed by atoms with van der Waals surface area (Å²) in [7, 11) is 1.58. The van der Waals surface area contributed by atoms with Gasteiger partial charge in [-0.15, -0.1) is 0 Å². The van der Waals surface area contributed by atoms with Crippen LogP contribution in [0, 0.1) is 17.5 Å². The summed E-state index contributed by atoms with van der Waals surface area (Å²) in [6.07, 6.45) is 2.61. The molecule has 1 saturated heterocycles. The summed E-state index contributed by atoms with van der Waals surface area (Å²) < 4.78 is 47.1. The lowest BCUT2D eigenvalue weighted by atomic mass is 9.89. The molecule has 0 aromatic heterocycles. The molecule has 0 bridgehead atoms. The van der Waals surface area contributed by atoms with Crippen molar-refractivity contribution in [3.63, 3.8) is 0 Å². The fraction of sp³-hybridized carbons (Fsp3) is 0.297. The van der Waals surface area contributed by atoms with Crippen molar-refractivity contribution in [1.29, 1.82) is 0 Å². The van der Waals surface area contributed by atoms with Crippen molar-refractivity contribution in [3.05, 3.63) is 131 Å². The Morgan fingerprint density at radius 2 is 1.57 bits per heavy atom. The number of halogens is 3. The van der Waals surface area contributed by atoms with Crippen LogP contribution in [-0.2, 0) is 6.54 Å². The van der Waals surface area contributed by atoms with Crippen molar-refractivity contribution in [2.24, 2.45) is 0 Å². The third-order valence-corrected chi connectivity index (χ3v) is 9.05. The first-order chi connectivity index (χ1) is 22.8. The smallest absolute Gasteiger partial charge is 0.333 e. The molecule has 0 saturated carbocycles. The van der Waals surface area contributed by atoms with Crippen LogP contribution in [0.2, 0.25) is 0 Å². The number of benzene rings is 4. The number of nitrogens with zero attached hydrogens (tertiary/aromatic N) is 3. The standard InChI is InChI=1S/C37H37F3N4O3/c1-47-30-14-7-25(8-15-30)24-43-34-6-3-2-5-31(34)35(28-11-16-32(39)33(40)23-28)44(37(43)46)36(45)41-19-4-20-42-21-17-27(18-22-42)26-9-12-29(38)13-10-26/h2-3,5-16,23,27,35H,4,17-22,24H2,1H3,(H,41,45).